The Hall–Kier alpha value is -1.36. The van der Waals surface area contributed by atoms with E-state index >= 15 is 0 Å². The lowest BCUT2D eigenvalue weighted by atomic mass is 10.3. The van der Waals surface area contributed by atoms with Crippen molar-refractivity contribution in [3.63, 3.8) is 0 Å². The summed E-state index contributed by atoms with van der Waals surface area (Å²) in [5.41, 5.74) is 1.93. The lowest BCUT2D eigenvalue weighted by molar-refractivity contribution is -0.143. The number of rotatable bonds is 4. The first kappa shape index (κ1) is 10.6. The van der Waals surface area contributed by atoms with Crippen LogP contribution in [0.2, 0.25) is 0 Å². The van der Waals surface area contributed by atoms with Gasteiger partial charge in [-0.25, -0.2) is 10.6 Å². The topological polar surface area (TPSA) is 81.4 Å². The summed E-state index contributed by atoms with van der Waals surface area (Å²) in [5, 5.41) is 0. The van der Waals surface area contributed by atoms with Gasteiger partial charge < -0.3 is 4.74 Å². The fourth-order valence-corrected chi connectivity index (χ4v) is 0.608. The van der Waals surface area contributed by atoms with Crippen LogP contribution < -0.4 is 11.3 Å². The van der Waals surface area contributed by atoms with Gasteiger partial charge in [0.2, 0.25) is 5.91 Å². The van der Waals surface area contributed by atoms with Crippen molar-refractivity contribution in [2.45, 2.75) is 19.4 Å². The van der Waals surface area contributed by atoms with Gasteiger partial charge in [0.05, 0.1) is 6.42 Å². The van der Waals surface area contributed by atoms with Crippen molar-refractivity contribution in [1.82, 2.24) is 5.43 Å². The Labute approximate surface area is 70.5 Å². The Morgan fingerprint density at radius 1 is 1.75 bits per heavy atom. The summed E-state index contributed by atoms with van der Waals surface area (Å²) in [4.78, 5) is 21.2. The first-order valence-corrected chi connectivity index (χ1v) is 3.42. The molecule has 0 fully saturated rings. The van der Waals surface area contributed by atoms with Crippen LogP contribution >= 0.6 is 0 Å². The predicted molar refractivity (Wildman–Crippen MR) is 42.7 cm³/mol. The molecule has 5 nitrogen and oxygen atoms in total. The van der Waals surface area contributed by atoms with Crippen LogP contribution in [0, 0.1) is 0 Å². The number of nitrogens with one attached hydrogen (secondary N) is 1. The zero-order chi connectivity index (χ0) is 9.56. The summed E-state index contributed by atoms with van der Waals surface area (Å²) in [6.45, 7) is 4.81. The highest BCUT2D eigenvalue weighted by molar-refractivity contribution is 5.82. The predicted octanol–water partition coefficient (Wildman–Crippen LogP) is -0.516. The molecule has 1 atom stereocenters. The quantitative estimate of drug-likeness (QED) is 0.197. The molecule has 0 spiro atoms. The van der Waals surface area contributed by atoms with E-state index in [4.69, 9.17) is 10.6 Å². The third kappa shape index (κ3) is 4.45. The Kier molecular flexibility index (Phi) is 4.71. The molecule has 0 rings (SSSR count). The molecule has 0 radical (unpaired) electrons. The van der Waals surface area contributed by atoms with Gasteiger partial charge in [-0.3, -0.25) is 10.2 Å². The molecule has 0 aliphatic rings. The number of ether oxygens (including phenoxy) is 1. The lowest BCUT2D eigenvalue weighted by Gasteiger charge is -2.09. The second-order valence-corrected chi connectivity index (χ2v) is 2.22. The zero-order valence-electron chi connectivity index (χ0n) is 6.87. The van der Waals surface area contributed by atoms with E-state index in [2.05, 4.69) is 6.58 Å². The summed E-state index contributed by atoms with van der Waals surface area (Å²) in [5.74, 6) is 3.90. The number of esters is 1. The molecule has 68 valence electrons. The van der Waals surface area contributed by atoms with Crippen LogP contribution in [0.5, 0.6) is 0 Å². The van der Waals surface area contributed by atoms with Gasteiger partial charge in [-0.1, -0.05) is 6.58 Å². The van der Waals surface area contributed by atoms with Crippen molar-refractivity contribution in [2.75, 3.05) is 0 Å². The minimum Gasteiger partial charge on any atom is -0.459 e. The average molecular weight is 172 g/mol. The molecule has 12 heavy (non-hydrogen) atoms. The second-order valence-electron chi connectivity index (χ2n) is 2.22. The van der Waals surface area contributed by atoms with E-state index in [1.807, 2.05) is 5.43 Å². The molecule has 3 N–H and O–H groups in total. The van der Waals surface area contributed by atoms with Crippen molar-refractivity contribution in [3.8, 4) is 0 Å². The SMILES string of the molecule is C=CC(=O)OC(C)CC(=O)NN. The highest BCUT2D eigenvalue weighted by atomic mass is 16.5. The van der Waals surface area contributed by atoms with Crippen molar-refractivity contribution in [2.24, 2.45) is 5.84 Å². The van der Waals surface area contributed by atoms with Gasteiger partial charge in [-0.05, 0) is 6.92 Å². The van der Waals surface area contributed by atoms with Crippen molar-refractivity contribution in [3.05, 3.63) is 12.7 Å². The summed E-state index contributed by atoms with van der Waals surface area (Å²) in [7, 11) is 0. The van der Waals surface area contributed by atoms with E-state index in [9.17, 15) is 9.59 Å². The largest absolute Gasteiger partial charge is 0.459 e. The van der Waals surface area contributed by atoms with Crippen molar-refractivity contribution in [1.29, 1.82) is 0 Å². The van der Waals surface area contributed by atoms with Crippen molar-refractivity contribution < 1.29 is 14.3 Å². The third-order valence-corrected chi connectivity index (χ3v) is 1.12. The Morgan fingerprint density at radius 2 is 2.33 bits per heavy atom. The van der Waals surface area contributed by atoms with Gasteiger partial charge in [-0.15, -0.1) is 0 Å². The van der Waals surface area contributed by atoms with Crippen LogP contribution in [0.25, 0.3) is 0 Å². The molecule has 1 unspecified atom stereocenters. The number of carbonyl (C=O) groups excluding carboxylic acids is 2. The molecule has 0 bridgehead atoms. The Morgan fingerprint density at radius 3 is 2.75 bits per heavy atom. The second kappa shape index (κ2) is 5.31. The monoisotopic (exact) mass is 172 g/mol. The van der Waals surface area contributed by atoms with Crippen LogP contribution in [-0.4, -0.2) is 18.0 Å². The Bertz CT molecular complexity index is 191. The number of amides is 1. The smallest absolute Gasteiger partial charge is 0.330 e. The first-order chi connectivity index (χ1) is 5.60. The van der Waals surface area contributed by atoms with Crippen molar-refractivity contribution >= 4 is 11.9 Å². The maximum absolute atomic E-state index is 10.6. The summed E-state index contributed by atoms with van der Waals surface area (Å²) in [6, 6.07) is 0. The van der Waals surface area contributed by atoms with Crippen LogP contribution in [0.1, 0.15) is 13.3 Å². The van der Waals surface area contributed by atoms with E-state index in [0.717, 1.165) is 6.08 Å². The van der Waals surface area contributed by atoms with Gasteiger partial charge in [0.15, 0.2) is 0 Å². The van der Waals surface area contributed by atoms with Crippen LogP contribution in [-0.2, 0) is 14.3 Å². The van der Waals surface area contributed by atoms with E-state index in [0.29, 0.717) is 0 Å². The Balaban J connectivity index is 3.73. The molecular weight excluding hydrogens is 160 g/mol. The molecule has 0 aliphatic heterocycles. The number of hydrogen-bond donors (Lipinski definition) is 2. The average Bonchev–Trinajstić information content (AvgIpc) is 2.03. The molecule has 0 aromatic heterocycles. The standard InChI is InChI=1S/C7H12N2O3/c1-3-7(11)12-5(2)4-6(10)9-8/h3,5H,1,4,8H2,2H3,(H,9,10). The van der Waals surface area contributed by atoms with E-state index in [1.54, 1.807) is 6.92 Å². The van der Waals surface area contributed by atoms with Gasteiger partial charge in [0, 0.05) is 6.08 Å². The highest BCUT2D eigenvalue weighted by Gasteiger charge is 2.10. The summed E-state index contributed by atoms with van der Waals surface area (Å²) >= 11 is 0. The van der Waals surface area contributed by atoms with Gasteiger partial charge >= 0.3 is 5.97 Å². The van der Waals surface area contributed by atoms with E-state index < -0.39 is 12.1 Å². The molecule has 0 saturated carbocycles. The minimum absolute atomic E-state index is 0.0517. The van der Waals surface area contributed by atoms with Gasteiger partial charge in [0.1, 0.15) is 6.10 Å². The molecular formula is C7H12N2O3. The first-order valence-electron chi connectivity index (χ1n) is 3.42. The lowest BCUT2D eigenvalue weighted by Crippen LogP contribution is -2.33. The number of hydrogen-bond acceptors (Lipinski definition) is 4. The maximum atomic E-state index is 10.6. The fourth-order valence-electron chi connectivity index (χ4n) is 0.608. The molecule has 0 aliphatic carbocycles. The minimum atomic E-state index is -0.549. The highest BCUT2D eigenvalue weighted by Crippen LogP contribution is 1.97. The fraction of sp³-hybridized carbons (Fsp3) is 0.429. The summed E-state index contributed by atoms with van der Waals surface area (Å²) < 4.78 is 4.70. The molecule has 5 heteroatoms. The van der Waals surface area contributed by atoms with E-state index in [-0.39, 0.29) is 12.3 Å². The number of hydrazine groups is 1. The molecule has 0 aromatic rings. The van der Waals surface area contributed by atoms with Crippen LogP contribution in [0.3, 0.4) is 0 Å². The normalized spacial score (nSPS) is 11.5. The van der Waals surface area contributed by atoms with Crippen LogP contribution in [0.15, 0.2) is 12.7 Å². The molecule has 0 aromatic carbocycles. The van der Waals surface area contributed by atoms with Gasteiger partial charge in [0.25, 0.3) is 0 Å². The number of nitrogens with two attached hydrogens (primary N) is 1. The molecule has 0 heterocycles. The summed E-state index contributed by atoms with van der Waals surface area (Å²) in [6.07, 6.45) is 0.603. The maximum Gasteiger partial charge on any atom is 0.330 e. The molecule has 1 amide bonds. The molecule has 0 saturated heterocycles. The van der Waals surface area contributed by atoms with E-state index in [1.165, 1.54) is 0 Å². The third-order valence-electron chi connectivity index (χ3n) is 1.12. The zero-order valence-corrected chi connectivity index (χ0v) is 6.87. The number of carbonyl (C=O) groups is 2. The van der Waals surface area contributed by atoms with Gasteiger partial charge in [-0.2, -0.15) is 0 Å². The van der Waals surface area contributed by atoms with Crippen LogP contribution in [0.4, 0.5) is 0 Å².